The van der Waals surface area contributed by atoms with Crippen LogP contribution in [0.25, 0.3) is 0 Å². The molecule has 1 N–H and O–H groups in total. The number of hydrogen-bond acceptors (Lipinski definition) is 4. The summed E-state index contributed by atoms with van der Waals surface area (Å²) in [5.41, 5.74) is 1.15. The molecule has 0 amide bonds. The molecular formula is C13H18O4. The van der Waals surface area contributed by atoms with Crippen molar-refractivity contribution >= 4 is 0 Å². The zero-order chi connectivity index (χ0) is 11.9. The fourth-order valence-electron chi connectivity index (χ4n) is 1.71. The van der Waals surface area contributed by atoms with Gasteiger partial charge < -0.3 is 19.3 Å². The van der Waals surface area contributed by atoms with Crippen molar-refractivity contribution in [2.75, 3.05) is 26.4 Å². The van der Waals surface area contributed by atoms with Gasteiger partial charge in [-0.25, -0.2) is 0 Å². The third kappa shape index (κ3) is 4.09. The molecule has 4 nitrogen and oxygen atoms in total. The van der Waals surface area contributed by atoms with Gasteiger partial charge in [0, 0.05) is 0 Å². The second kappa shape index (κ2) is 6.71. The minimum absolute atomic E-state index is 0.199. The van der Waals surface area contributed by atoms with Crippen LogP contribution in [0.5, 0.6) is 0 Å². The van der Waals surface area contributed by atoms with Crippen LogP contribution in [0.15, 0.2) is 30.3 Å². The maximum Gasteiger partial charge on any atom is 0.109 e. The molecule has 0 spiro atoms. The molecule has 1 fully saturated rings. The van der Waals surface area contributed by atoms with Gasteiger partial charge in [0.25, 0.3) is 0 Å². The van der Waals surface area contributed by atoms with Gasteiger partial charge in [-0.3, -0.25) is 0 Å². The number of aliphatic hydroxyl groups is 1. The van der Waals surface area contributed by atoms with E-state index in [4.69, 9.17) is 14.2 Å². The predicted octanol–water partition coefficient (Wildman–Crippen LogP) is 0.979. The summed E-state index contributed by atoms with van der Waals surface area (Å²) in [6, 6.07) is 10.0. The average Bonchev–Trinajstić information content (AvgIpc) is 2.76. The lowest BCUT2D eigenvalue weighted by molar-refractivity contribution is -0.0370. The quantitative estimate of drug-likeness (QED) is 0.750. The van der Waals surface area contributed by atoms with E-state index in [-0.39, 0.29) is 6.10 Å². The third-order valence-electron chi connectivity index (χ3n) is 2.67. The normalized spacial score (nSPS) is 24.1. The molecule has 94 valence electrons. The Labute approximate surface area is 101 Å². The van der Waals surface area contributed by atoms with Crippen molar-refractivity contribution in [3.05, 3.63) is 35.9 Å². The van der Waals surface area contributed by atoms with E-state index in [2.05, 4.69) is 0 Å². The van der Waals surface area contributed by atoms with Gasteiger partial charge in [0.05, 0.1) is 33.0 Å². The molecule has 1 heterocycles. The Morgan fingerprint density at radius 1 is 1.18 bits per heavy atom. The monoisotopic (exact) mass is 238 g/mol. The number of rotatable bonds is 6. The first-order valence-corrected chi connectivity index (χ1v) is 5.85. The van der Waals surface area contributed by atoms with E-state index >= 15 is 0 Å². The first-order chi connectivity index (χ1) is 8.36. The lowest BCUT2D eigenvalue weighted by atomic mass is 10.2. The van der Waals surface area contributed by atoms with E-state index < -0.39 is 6.10 Å². The van der Waals surface area contributed by atoms with Crippen LogP contribution in [-0.4, -0.2) is 43.7 Å². The molecule has 0 aromatic heterocycles. The number of benzene rings is 1. The van der Waals surface area contributed by atoms with Crippen molar-refractivity contribution in [1.29, 1.82) is 0 Å². The minimum Gasteiger partial charge on any atom is -0.388 e. The van der Waals surface area contributed by atoms with Crippen molar-refractivity contribution in [1.82, 2.24) is 0 Å². The van der Waals surface area contributed by atoms with E-state index in [0.717, 1.165) is 5.56 Å². The van der Waals surface area contributed by atoms with E-state index in [1.807, 2.05) is 30.3 Å². The van der Waals surface area contributed by atoms with Crippen molar-refractivity contribution in [2.24, 2.45) is 0 Å². The fraction of sp³-hybridized carbons (Fsp3) is 0.538. The smallest absolute Gasteiger partial charge is 0.109 e. The van der Waals surface area contributed by atoms with E-state index in [1.165, 1.54) is 0 Å². The molecule has 1 aromatic rings. The van der Waals surface area contributed by atoms with Gasteiger partial charge in [0.15, 0.2) is 0 Å². The molecule has 0 saturated carbocycles. The highest BCUT2D eigenvalue weighted by Crippen LogP contribution is 2.09. The van der Waals surface area contributed by atoms with E-state index in [1.54, 1.807) is 0 Å². The van der Waals surface area contributed by atoms with E-state index in [9.17, 15) is 5.11 Å². The largest absolute Gasteiger partial charge is 0.388 e. The predicted molar refractivity (Wildman–Crippen MR) is 62.7 cm³/mol. The summed E-state index contributed by atoms with van der Waals surface area (Å²) in [5.74, 6) is 0. The van der Waals surface area contributed by atoms with Crippen LogP contribution in [0.4, 0.5) is 0 Å². The fourth-order valence-corrected chi connectivity index (χ4v) is 1.71. The molecule has 2 atom stereocenters. The average molecular weight is 238 g/mol. The first-order valence-electron chi connectivity index (χ1n) is 5.85. The lowest BCUT2D eigenvalue weighted by Gasteiger charge is -2.13. The van der Waals surface area contributed by atoms with Crippen molar-refractivity contribution in [2.45, 2.75) is 18.8 Å². The zero-order valence-electron chi connectivity index (χ0n) is 9.75. The summed E-state index contributed by atoms with van der Waals surface area (Å²) in [7, 11) is 0. The van der Waals surface area contributed by atoms with Crippen molar-refractivity contribution in [3.63, 3.8) is 0 Å². The molecule has 2 rings (SSSR count). The van der Waals surface area contributed by atoms with Crippen LogP contribution in [-0.2, 0) is 20.8 Å². The van der Waals surface area contributed by atoms with Gasteiger partial charge in [0.1, 0.15) is 12.2 Å². The summed E-state index contributed by atoms with van der Waals surface area (Å²) in [4.78, 5) is 0. The molecular weight excluding hydrogens is 220 g/mol. The maximum absolute atomic E-state index is 9.43. The third-order valence-corrected chi connectivity index (χ3v) is 2.67. The Morgan fingerprint density at radius 2 is 2.00 bits per heavy atom. The van der Waals surface area contributed by atoms with Gasteiger partial charge in [-0.15, -0.1) is 0 Å². The molecule has 0 bridgehead atoms. The van der Waals surface area contributed by atoms with Gasteiger partial charge in [-0.05, 0) is 5.56 Å². The highest BCUT2D eigenvalue weighted by atomic mass is 16.6. The Bertz CT molecular complexity index is 314. The number of hydrogen-bond donors (Lipinski definition) is 1. The highest BCUT2D eigenvalue weighted by Gasteiger charge is 2.26. The minimum atomic E-state index is -0.496. The summed E-state index contributed by atoms with van der Waals surface area (Å²) >= 11 is 0. The van der Waals surface area contributed by atoms with Crippen molar-refractivity contribution in [3.8, 4) is 0 Å². The number of ether oxygens (including phenoxy) is 3. The van der Waals surface area contributed by atoms with Gasteiger partial charge in [-0.2, -0.15) is 0 Å². The summed E-state index contributed by atoms with van der Waals surface area (Å²) in [6.07, 6.45) is -0.695. The van der Waals surface area contributed by atoms with Gasteiger partial charge in [0.2, 0.25) is 0 Å². The lowest BCUT2D eigenvalue weighted by Crippen LogP contribution is -2.28. The Hall–Kier alpha value is -0.940. The Balaban J connectivity index is 1.55. The van der Waals surface area contributed by atoms with E-state index in [0.29, 0.717) is 33.0 Å². The summed E-state index contributed by atoms with van der Waals surface area (Å²) in [5, 5.41) is 9.43. The molecule has 4 heteroatoms. The van der Waals surface area contributed by atoms with Crippen LogP contribution in [0.2, 0.25) is 0 Å². The molecule has 1 aliphatic heterocycles. The number of aliphatic hydroxyl groups excluding tert-OH is 1. The van der Waals surface area contributed by atoms with Crippen LogP contribution >= 0.6 is 0 Å². The first kappa shape index (κ1) is 12.5. The molecule has 0 aliphatic carbocycles. The van der Waals surface area contributed by atoms with Crippen LogP contribution < -0.4 is 0 Å². The summed E-state index contributed by atoms with van der Waals surface area (Å²) < 4.78 is 16.0. The molecule has 1 saturated heterocycles. The second-order valence-electron chi connectivity index (χ2n) is 4.05. The van der Waals surface area contributed by atoms with Crippen LogP contribution in [0.1, 0.15) is 5.56 Å². The molecule has 0 unspecified atom stereocenters. The van der Waals surface area contributed by atoms with Crippen LogP contribution in [0, 0.1) is 0 Å². The van der Waals surface area contributed by atoms with Gasteiger partial charge in [-0.1, -0.05) is 30.3 Å². The summed E-state index contributed by atoms with van der Waals surface area (Å²) in [6.45, 7) is 2.44. The molecule has 17 heavy (non-hydrogen) atoms. The second-order valence-corrected chi connectivity index (χ2v) is 4.05. The SMILES string of the molecule is O[C@@H]1COC[C@H]1OCCOCc1ccccc1. The van der Waals surface area contributed by atoms with Crippen molar-refractivity contribution < 1.29 is 19.3 Å². The standard InChI is InChI=1S/C13H18O4/c14-12-9-16-10-13(12)17-7-6-15-8-11-4-2-1-3-5-11/h1-5,12-14H,6-10H2/t12-,13-/m1/s1. The molecule has 1 aliphatic rings. The Kier molecular flexibility index (Phi) is 4.94. The topological polar surface area (TPSA) is 47.9 Å². The van der Waals surface area contributed by atoms with Crippen LogP contribution in [0.3, 0.4) is 0 Å². The molecule has 0 radical (unpaired) electrons. The maximum atomic E-state index is 9.43. The zero-order valence-corrected chi connectivity index (χ0v) is 9.75. The molecule has 1 aromatic carbocycles. The van der Waals surface area contributed by atoms with Gasteiger partial charge >= 0.3 is 0 Å². The highest BCUT2D eigenvalue weighted by molar-refractivity contribution is 5.13. The Morgan fingerprint density at radius 3 is 2.71 bits per heavy atom.